The van der Waals surface area contributed by atoms with Crippen molar-refractivity contribution >= 4 is 5.91 Å². The van der Waals surface area contributed by atoms with E-state index in [1.807, 2.05) is 12.1 Å². The van der Waals surface area contributed by atoms with Crippen LogP contribution in [0.1, 0.15) is 10.4 Å². The Morgan fingerprint density at radius 2 is 2.19 bits per heavy atom. The van der Waals surface area contributed by atoms with Gasteiger partial charge in [0.05, 0.1) is 0 Å². The maximum absolute atomic E-state index is 11.7. The second-order valence-corrected chi connectivity index (χ2v) is 3.65. The van der Waals surface area contributed by atoms with Gasteiger partial charge in [0.2, 0.25) is 0 Å². The van der Waals surface area contributed by atoms with Gasteiger partial charge in [-0.05, 0) is 12.1 Å². The van der Waals surface area contributed by atoms with E-state index in [0.717, 1.165) is 11.3 Å². The summed E-state index contributed by atoms with van der Waals surface area (Å²) in [4.78, 5) is 17.3. The number of oxazole rings is 1. The number of amides is 1. The molecule has 1 aromatic heterocycles. The maximum atomic E-state index is 11.7. The van der Waals surface area contributed by atoms with Gasteiger partial charge in [-0.2, -0.15) is 0 Å². The number of hydrogen-bond donors (Lipinski definition) is 0. The van der Waals surface area contributed by atoms with Crippen LogP contribution in [0.15, 0.2) is 41.3 Å². The third-order valence-corrected chi connectivity index (χ3v) is 2.24. The van der Waals surface area contributed by atoms with Crippen LogP contribution >= 0.6 is 0 Å². The molecule has 4 heteroatoms. The summed E-state index contributed by atoms with van der Waals surface area (Å²) >= 11 is 0. The minimum Gasteiger partial charge on any atom is -0.451 e. The smallest absolute Gasteiger partial charge is 0.253 e. The Morgan fingerprint density at radius 3 is 2.81 bits per heavy atom. The Morgan fingerprint density at radius 1 is 1.38 bits per heavy atom. The van der Waals surface area contributed by atoms with Crippen LogP contribution in [0.5, 0.6) is 0 Å². The minimum atomic E-state index is -0.0228. The summed E-state index contributed by atoms with van der Waals surface area (Å²) in [6.07, 6.45) is 2.93. The summed E-state index contributed by atoms with van der Waals surface area (Å²) < 4.78 is 4.91. The largest absolute Gasteiger partial charge is 0.451 e. The molecule has 0 saturated heterocycles. The van der Waals surface area contributed by atoms with Gasteiger partial charge >= 0.3 is 0 Å². The Labute approximate surface area is 93.5 Å². The van der Waals surface area contributed by atoms with Crippen molar-refractivity contribution in [2.45, 2.75) is 0 Å². The van der Waals surface area contributed by atoms with Gasteiger partial charge in [-0.3, -0.25) is 4.79 Å². The summed E-state index contributed by atoms with van der Waals surface area (Å²) in [7, 11) is 3.45. The van der Waals surface area contributed by atoms with Gasteiger partial charge in [-0.15, -0.1) is 0 Å². The first kappa shape index (κ1) is 10.4. The molecule has 4 nitrogen and oxygen atoms in total. The zero-order chi connectivity index (χ0) is 11.5. The summed E-state index contributed by atoms with van der Waals surface area (Å²) in [5, 5.41) is 0. The van der Waals surface area contributed by atoms with E-state index in [0.29, 0.717) is 5.56 Å². The van der Waals surface area contributed by atoms with Crippen LogP contribution in [0.3, 0.4) is 0 Å². The van der Waals surface area contributed by atoms with Crippen LogP contribution in [-0.4, -0.2) is 29.9 Å². The average Bonchev–Trinajstić information content (AvgIpc) is 2.81. The zero-order valence-electron chi connectivity index (χ0n) is 9.18. The number of nitrogens with zero attached hydrogens (tertiary/aromatic N) is 2. The Hall–Kier alpha value is -2.10. The van der Waals surface area contributed by atoms with Crippen LogP contribution in [0, 0.1) is 0 Å². The Bertz CT molecular complexity index is 489. The molecule has 0 fully saturated rings. The maximum Gasteiger partial charge on any atom is 0.253 e. The molecule has 0 saturated carbocycles. The molecule has 0 atom stereocenters. The van der Waals surface area contributed by atoms with Gasteiger partial charge in [0.1, 0.15) is 12.0 Å². The zero-order valence-corrected chi connectivity index (χ0v) is 9.18. The number of rotatable bonds is 2. The van der Waals surface area contributed by atoms with E-state index < -0.39 is 0 Å². The SMILES string of the molecule is CN(C)C(=O)c1cccc(-c2cocn2)c1. The highest BCUT2D eigenvalue weighted by atomic mass is 16.3. The molecule has 1 aromatic carbocycles. The van der Waals surface area contributed by atoms with E-state index in [1.165, 1.54) is 6.39 Å². The fourth-order valence-electron chi connectivity index (χ4n) is 1.42. The molecular weight excluding hydrogens is 204 g/mol. The monoisotopic (exact) mass is 216 g/mol. The summed E-state index contributed by atoms with van der Waals surface area (Å²) in [6.45, 7) is 0. The summed E-state index contributed by atoms with van der Waals surface area (Å²) in [5.74, 6) is -0.0228. The number of carbonyl (C=O) groups excluding carboxylic acids is 1. The Kier molecular flexibility index (Phi) is 2.72. The van der Waals surface area contributed by atoms with Crippen molar-refractivity contribution in [3.63, 3.8) is 0 Å². The lowest BCUT2D eigenvalue weighted by molar-refractivity contribution is 0.0827. The van der Waals surface area contributed by atoms with Crippen molar-refractivity contribution in [3.05, 3.63) is 42.5 Å². The van der Waals surface area contributed by atoms with Gasteiger partial charge in [0.25, 0.3) is 5.91 Å². The van der Waals surface area contributed by atoms with E-state index in [-0.39, 0.29) is 5.91 Å². The van der Waals surface area contributed by atoms with Crippen LogP contribution in [-0.2, 0) is 0 Å². The molecule has 0 unspecified atom stereocenters. The van der Waals surface area contributed by atoms with Crippen molar-refractivity contribution in [1.29, 1.82) is 0 Å². The number of carbonyl (C=O) groups is 1. The first-order valence-electron chi connectivity index (χ1n) is 4.89. The molecule has 0 aliphatic rings. The third-order valence-electron chi connectivity index (χ3n) is 2.24. The second kappa shape index (κ2) is 4.18. The number of hydrogen-bond acceptors (Lipinski definition) is 3. The van der Waals surface area contributed by atoms with Gasteiger partial charge in [-0.1, -0.05) is 12.1 Å². The Balaban J connectivity index is 2.37. The fraction of sp³-hybridized carbons (Fsp3) is 0.167. The predicted octanol–water partition coefficient (Wildman–Crippen LogP) is 2.04. The molecular formula is C12H12N2O2. The van der Waals surface area contributed by atoms with Crippen molar-refractivity contribution in [2.75, 3.05) is 14.1 Å². The van der Waals surface area contributed by atoms with Crippen LogP contribution in [0.4, 0.5) is 0 Å². The molecule has 2 aromatic rings. The van der Waals surface area contributed by atoms with Crippen molar-refractivity contribution in [1.82, 2.24) is 9.88 Å². The minimum absolute atomic E-state index is 0.0228. The topological polar surface area (TPSA) is 46.3 Å². The molecule has 0 spiro atoms. The summed E-state index contributed by atoms with van der Waals surface area (Å²) in [6, 6.07) is 7.32. The molecule has 0 bridgehead atoms. The first-order chi connectivity index (χ1) is 7.68. The molecule has 0 aliphatic heterocycles. The molecule has 0 N–H and O–H groups in total. The highest BCUT2D eigenvalue weighted by Crippen LogP contribution is 2.18. The van der Waals surface area contributed by atoms with Gasteiger partial charge < -0.3 is 9.32 Å². The van der Waals surface area contributed by atoms with E-state index >= 15 is 0 Å². The van der Waals surface area contributed by atoms with E-state index in [4.69, 9.17) is 4.42 Å². The highest BCUT2D eigenvalue weighted by molar-refractivity contribution is 5.95. The summed E-state index contributed by atoms with van der Waals surface area (Å²) in [5.41, 5.74) is 2.25. The number of aromatic nitrogens is 1. The molecule has 1 heterocycles. The van der Waals surface area contributed by atoms with Crippen LogP contribution in [0.25, 0.3) is 11.3 Å². The predicted molar refractivity (Wildman–Crippen MR) is 60.0 cm³/mol. The lowest BCUT2D eigenvalue weighted by atomic mass is 10.1. The van der Waals surface area contributed by atoms with Gasteiger partial charge in [0.15, 0.2) is 6.39 Å². The third kappa shape index (κ3) is 1.95. The lowest BCUT2D eigenvalue weighted by Crippen LogP contribution is -2.21. The molecule has 2 rings (SSSR count). The molecule has 1 amide bonds. The quantitative estimate of drug-likeness (QED) is 0.771. The lowest BCUT2D eigenvalue weighted by Gasteiger charge is -2.10. The molecule has 82 valence electrons. The first-order valence-corrected chi connectivity index (χ1v) is 4.89. The van der Waals surface area contributed by atoms with Crippen LogP contribution < -0.4 is 0 Å². The molecule has 0 aliphatic carbocycles. The van der Waals surface area contributed by atoms with Gasteiger partial charge in [-0.25, -0.2) is 4.98 Å². The number of benzene rings is 1. The average molecular weight is 216 g/mol. The van der Waals surface area contributed by atoms with Crippen molar-refractivity contribution in [2.24, 2.45) is 0 Å². The highest BCUT2D eigenvalue weighted by Gasteiger charge is 2.09. The molecule has 0 radical (unpaired) electrons. The normalized spacial score (nSPS) is 10.1. The van der Waals surface area contributed by atoms with E-state index in [2.05, 4.69) is 4.98 Å². The molecule has 16 heavy (non-hydrogen) atoms. The fourth-order valence-corrected chi connectivity index (χ4v) is 1.42. The van der Waals surface area contributed by atoms with E-state index in [1.54, 1.807) is 37.4 Å². The van der Waals surface area contributed by atoms with Gasteiger partial charge in [0, 0.05) is 25.2 Å². The second-order valence-electron chi connectivity index (χ2n) is 3.65. The standard InChI is InChI=1S/C12H12N2O2/c1-14(2)12(15)10-5-3-4-9(6-10)11-7-16-8-13-11/h3-8H,1-2H3. The van der Waals surface area contributed by atoms with E-state index in [9.17, 15) is 4.79 Å². The van der Waals surface area contributed by atoms with Crippen molar-refractivity contribution < 1.29 is 9.21 Å². The van der Waals surface area contributed by atoms with Crippen LogP contribution in [0.2, 0.25) is 0 Å². The van der Waals surface area contributed by atoms with Crippen molar-refractivity contribution in [3.8, 4) is 11.3 Å².